The quantitative estimate of drug-likeness (QED) is 0.875. The molecule has 3 rings (SSSR count). The van der Waals surface area contributed by atoms with Gasteiger partial charge in [0.05, 0.1) is 12.0 Å². The molecule has 0 radical (unpaired) electrons. The van der Waals surface area contributed by atoms with Crippen LogP contribution in [0.3, 0.4) is 0 Å². The van der Waals surface area contributed by atoms with E-state index in [1.54, 1.807) is 0 Å². The van der Waals surface area contributed by atoms with Gasteiger partial charge in [-0.25, -0.2) is 0 Å². The summed E-state index contributed by atoms with van der Waals surface area (Å²) in [5.74, 6) is 0.369. The van der Waals surface area contributed by atoms with Gasteiger partial charge in [-0.2, -0.15) is 0 Å². The Balaban J connectivity index is 0.00000208. The van der Waals surface area contributed by atoms with Crippen molar-refractivity contribution in [1.82, 2.24) is 10.6 Å². The summed E-state index contributed by atoms with van der Waals surface area (Å²) in [6.45, 7) is 4.56. The highest BCUT2D eigenvalue weighted by atomic mass is 35.5. The molecule has 0 spiro atoms. The average Bonchev–Trinajstić information content (AvgIpc) is 3.02. The molecule has 2 fully saturated rings. The molecule has 0 bridgehead atoms. The van der Waals surface area contributed by atoms with E-state index >= 15 is 0 Å². The second kappa shape index (κ2) is 8.49. The lowest BCUT2D eigenvalue weighted by molar-refractivity contribution is -0.126. The molecule has 2 aliphatic heterocycles. The first-order valence-corrected chi connectivity index (χ1v) is 8.56. The van der Waals surface area contributed by atoms with E-state index in [0.29, 0.717) is 6.42 Å². The van der Waals surface area contributed by atoms with E-state index in [1.165, 1.54) is 0 Å². The minimum absolute atomic E-state index is 0. The van der Waals surface area contributed by atoms with Crippen molar-refractivity contribution in [2.75, 3.05) is 24.5 Å². The minimum atomic E-state index is -0.0536. The van der Waals surface area contributed by atoms with Crippen molar-refractivity contribution >= 4 is 29.9 Å². The SMILES string of the molecule is CC(NC(=O)C1CCCNC1)c1cccc(N2CCCC2=O)c1.Cl. The largest absolute Gasteiger partial charge is 0.349 e. The topological polar surface area (TPSA) is 61.4 Å². The smallest absolute Gasteiger partial charge is 0.227 e. The van der Waals surface area contributed by atoms with Gasteiger partial charge in [0.1, 0.15) is 0 Å². The molecule has 6 heteroatoms. The van der Waals surface area contributed by atoms with Crippen LogP contribution >= 0.6 is 12.4 Å². The standard InChI is InChI=1S/C18H25N3O2.ClH/c1-13(20-18(23)15-6-3-9-19-12-15)14-5-2-7-16(11-14)21-10-4-8-17(21)22;/h2,5,7,11,13,15,19H,3-4,6,8-10,12H2,1H3,(H,20,23);1H. The molecule has 2 amide bonds. The van der Waals surface area contributed by atoms with E-state index in [4.69, 9.17) is 0 Å². The number of rotatable bonds is 4. The second-order valence-corrected chi connectivity index (χ2v) is 6.52. The highest BCUT2D eigenvalue weighted by Gasteiger charge is 2.24. The monoisotopic (exact) mass is 351 g/mol. The van der Waals surface area contributed by atoms with Crippen LogP contribution in [-0.4, -0.2) is 31.4 Å². The molecule has 0 saturated carbocycles. The lowest BCUT2D eigenvalue weighted by atomic mass is 9.98. The maximum atomic E-state index is 12.4. The Morgan fingerprint density at radius 1 is 1.38 bits per heavy atom. The van der Waals surface area contributed by atoms with Crippen LogP contribution in [0.5, 0.6) is 0 Å². The first kappa shape index (κ1) is 18.7. The predicted molar refractivity (Wildman–Crippen MR) is 97.4 cm³/mol. The lowest BCUT2D eigenvalue weighted by Crippen LogP contribution is -2.41. The summed E-state index contributed by atoms with van der Waals surface area (Å²) in [5, 5.41) is 6.39. The van der Waals surface area contributed by atoms with Gasteiger partial charge in [-0.15, -0.1) is 12.4 Å². The fourth-order valence-corrected chi connectivity index (χ4v) is 3.37. The molecule has 132 valence electrons. The van der Waals surface area contributed by atoms with Crippen LogP contribution in [0.4, 0.5) is 5.69 Å². The fraction of sp³-hybridized carbons (Fsp3) is 0.556. The number of amides is 2. The van der Waals surface area contributed by atoms with Crippen molar-refractivity contribution in [3.05, 3.63) is 29.8 Å². The third kappa shape index (κ3) is 4.28. The molecule has 5 nitrogen and oxygen atoms in total. The summed E-state index contributed by atoms with van der Waals surface area (Å²) in [7, 11) is 0. The van der Waals surface area contributed by atoms with Crippen molar-refractivity contribution in [1.29, 1.82) is 0 Å². The molecule has 2 unspecified atom stereocenters. The second-order valence-electron chi connectivity index (χ2n) is 6.52. The normalized spacial score (nSPS) is 22.0. The number of nitrogens with zero attached hydrogens (tertiary/aromatic N) is 1. The Morgan fingerprint density at radius 3 is 2.88 bits per heavy atom. The lowest BCUT2D eigenvalue weighted by Gasteiger charge is -2.25. The summed E-state index contributed by atoms with van der Waals surface area (Å²) in [6, 6.07) is 7.90. The van der Waals surface area contributed by atoms with E-state index in [2.05, 4.69) is 10.6 Å². The maximum absolute atomic E-state index is 12.4. The van der Waals surface area contributed by atoms with Crippen molar-refractivity contribution < 1.29 is 9.59 Å². The van der Waals surface area contributed by atoms with Crippen LogP contribution in [0.1, 0.15) is 44.2 Å². The number of nitrogens with one attached hydrogen (secondary N) is 2. The van der Waals surface area contributed by atoms with Crippen molar-refractivity contribution in [3.63, 3.8) is 0 Å². The Hall–Kier alpha value is -1.59. The van der Waals surface area contributed by atoms with Gasteiger partial charge in [-0.05, 0) is 50.4 Å². The maximum Gasteiger partial charge on any atom is 0.227 e. The molecule has 0 aromatic heterocycles. The van der Waals surface area contributed by atoms with Crippen LogP contribution in [0.15, 0.2) is 24.3 Å². The predicted octanol–water partition coefficient (Wildman–Crippen LogP) is 2.41. The number of halogens is 1. The Kier molecular flexibility index (Phi) is 6.63. The zero-order chi connectivity index (χ0) is 16.2. The Labute approximate surface area is 149 Å². The molecule has 2 heterocycles. The first-order valence-electron chi connectivity index (χ1n) is 8.56. The van der Waals surface area contributed by atoms with Crippen molar-refractivity contribution in [2.24, 2.45) is 5.92 Å². The number of hydrogen-bond acceptors (Lipinski definition) is 3. The van der Waals surface area contributed by atoms with E-state index in [1.807, 2.05) is 36.1 Å². The number of carbonyl (C=O) groups excluding carboxylic acids is 2. The number of piperidine rings is 1. The van der Waals surface area contributed by atoms with E-state index < -0.39 is 0 Å². The van der Waals surface area contributed by atoms with Crippen LogP contribution in [0.2, 0.25) is 0 Å². The molecular weight excluding hydrogens is 326 g/mol. The number of hydrogen-bond donors (Lipinski definition) is 2. The van der Waals surface area contributed by atoms with Gasteiger partial charge in [0.2, 0.25) is 11.8 Å². The molecule has 0 aliphatic carbocycles. The van der Waals surface area contributed by atoms with Crippen molar-refractivity contribution in [2.45, 2.75) is 38.6 Å². The number of anilines is 1. The average molecular weight is 352 g/mol. The molecule has 2 aliphatic rings. The molecule has 2 N–H and O–H groups in total. The molecule has 2 saturated heterocycles. The van der Waals surface area contributed by atoms with Gasteiger partial charge in [-0.3, -0.25) is 9.59 Å². The van der Waals surface area contributed by atoms with Crippen molar-refractivity contribution in [3.8, 4) is 0 Å². The van der Waals surface area contributed by atoms with Gasteiger partial charge >= 0.3 is 0 Å². The highest BCUT2D eigenvalue weighted by molar-refractivity contribution is 5.95. The van der Waals surface area contributed by atoms with Crippen LogP contribution in [0.25, 0.3) is 0 Å². The molecule has 1 aromatic carbocycles. The molecule has 1 aromatic rings. The summed E-state index contributed by atoms with van der Waals surface area (Å²) < 4.78 is 0. The Bertz CT molecular complexity index is 587. The number of benzene rings is 1. The summed E-state index contributed by atoms with van der Waals surface area (Å²) in [6.07, 6.45) is 3.56. The van der Waals surface area contributed by atoms with Gasteiger partial charge in [0.25, 0.3) is 0 Å². The molecule has 2 atom stereocenters. The first-order chi connectivity index (χ1) is 11.1. The van der Waals surface area contributed by atoms with Gasteiger partial charge in [-0.1, -0.05) is 12.1 Å². The third-order valence-electron chi connectivity index (χ3n) is 4.78. The van der Waals surface area contributed by atoms with E-state index in [0.717, 1.165) is 50.1 Å². The highest BCUT2D eigenvalue weighted by Crippen LogP contribution is 2.25. The molecule has 24 heavy (non-hydrogen) atoms. The van der Waals surface area contributed by atoms with Gasteiger partial charge in [0, 0.05) is 25.2 Å². The summed E-state index contributed by atoms with van der Waals surface area (Å²) >= 11 is 0. The minimum Gasteiger partial charge on any atom is -0.349 e. The number of carbonyl (C=O) groups is 2. The molecular formula is C18H26ClN3O2. The van der Waals surface area contributed by atoms with Crippen LogP contribution < -0.4 is 15.5 Å². The zero-order valence-corrected chi connectivity index (χ0v) is 14.9. The summed E-state index contributed by atoms with van der Waals surface area (Å²) in [5.41, 5.74) is 1.98. The van der Waals surface area contributed by atoms with Gasteiger partial charge < -0.3 is 15.5 Å². The van der Waals surface area contributed by atoms with Crippen LogP contribution in [-0.2, 0) is 9.59 Å². The zero-order valence-electron chi connectivity index (χ0n) is 14.1. The third-order valence-corrected chi connectivity index (χ3v) is 4.78. The Morgan fingerprint density at radius 2 is 2.21 bits per heavy atom. The van der Waals surface area contributed by atoms with E-state index in [9.17, 15) is 9.59 Å². The summed E-state index contributed by atoms with van der Waals surface area (Å²) in [4.78, 5) is 26.1. The van der Waals surface area contributed by atoms with Gasteiger partial charge in [0.15, 0.2) is 0 Å². The fourth-order valence-electron chi connectivity index (χ4n) is 3.37. The van der Waals surface area contributed by atoms with E-state index in [-0.39, 0.29) is 36.2 Å². The van der Waals surface area contributed by atoms with Crippen LogP contribution in [0, 0.1) is 5.92 Å².